The predicted octanol–water partition coefficient (Wildman–Crippen LogP) is 1.30. The van der Waals surface area contributed by atoms with Crippen LogP contribution in [0.15, 0.2) is 24.3 Å². The first-order valence-corrected chi connectivity index (χ1v) is 9.59. The fourth-order valence-corrected chi connectivity index (χ4v) is 4.51. The van der Waals surface area contributed by atoms with E-state index in [0.717, 1.165) is 13.0 Å². The monoisotopic (exact) mass is 356 g/mol. The van der Waals surface area contributed by atoms with Gasteiger partial charge in [-0.15, -0.1) is 0 Å². The Morgan fingerprint density at radius 1 is 1.38 bits per heavy atom. The molecule has 0 radical (unpaired) electrons. The number of rotatable bonds is 5. The van der Waals surface area contributed by atoms with E-state index in [4.69, 9.17) is 5.11 Å². The van der Waals surface area contributed by atoms with Gasteiger partial charge in [0.2, 0.25) is 5.91 Å². The molecule has 0 bridgehead atoms. The van der Waals surface area contributed by atoms with Crippen molar-refractivity contribution in [1.29, 1.82) is 0 Å². The Labute approximate surface area is 154 Å². The highest BCUT2D eigenvalue weighted by molar-refractivity contribution is 5.87. The molecule has 1 aliphatic carbocycles. The van der Waals surface area contributed by atoms with Crippen molar-refractivity contribution in [2.24, 2.45) is 5.92 Å². The van der Waals surface area contributed by atoms with E-state index in [2.05, 4.69) is 40.3 Å². The van der Waals surface area contributed by atoms with E-state index in [1.165, 1.54) is 22.4 Å². The Hall–Kier alpha value is -1.89. The summed E-state index contributed by atoms with van der Waals surface area (Å²) in [6.45, 7) is 6.01. The lowest BCUT2D eigenvalue weighted by atomic mass is 9.75. The molecule has 0 aromatic heterocycles. The van der Waals surface area contributed by atoms with Crippen LogP contribution >= 0.6 is 0 Å². The number of anilines is 1. The number of benzene rings is 1. The van der Waals surface area contributed by atoms with Gasteiger partial charge >= 0.3 is 0 Å². The lowest BCUT2D eigenvalue weighted by Gasteiger charge is -2.38. The van der Waals surface area contributed by atoms with Crippen LogP contribution < -0.4 is 16.1 Å². The predicted molar refractivity (Wildman–Crippen MR) is 103 cm³/mol. The Bertz CT molecular complexity index is 731. The van der Waals surface area contributed by atoms with Gasteiger partial charge in [-0.1, -0.05) is 18.2 Å². The van der Waals surface area contributed by atoms with Crippen molar-refractivity contribution in [3.63, 3.8) is 0 Å². The summed E-state index contributed by atoms with van der Waals surface area (Å²) in [5, 5.41) is 17.9. The topological polar surface area (TPSA) is 76.6 Å². The van der Waals surface area contributed by atoms with Gasteiger partial charge in [-0.3, -0.25) is 9.80 Å². The highest BCUT2D eigenvalue weighted by Crippen LogP contribution is 2.46. The van der Waals surface area contributed by atoms with E-state index in [-0.39, 0.29) is 24.5 Å². The second-order valence-corrected chi connectivity index (χ2v) is 7.70. The van der Waals surface area contributed by atoms with Crippen molar-refractivity contribution in [3.8, 4) is 0 Å². The summed E-state index contributed by atoms with van der Waals surface area (Å²) in [6.07, 6.45) is 3.25. The van der Waals surface area contributed by atoms with Gasteiger partial charge in [-0.05, 0) is 43.0 Å². The number of hydrazine groups is 1. The van der Waals surface area contributed by atoms with E-state index in [1.807, 2.05) is 13.8 Å². The fraction of sp³-hybridized carbons (Fsp3) is 0.550. The number of nitrogens with zero attached hydrogens (tertiary/aromatic N) is 1. The van der Waals surface area contributed by atoms with Crippen LogP contribution in [0.1, 0.15) is 37.3 Å². The molecule has 3 aliphatic rings. The average molecular weight is 356 g/mol. The molecule has 0 saturated carbocycles. The number of nitrogens with one attached hydrogen (secondary N) is 3. The zero-order chi connectivity index (χ0) is 18.3. The van der Waals surface area contributed by atoms with Gasteiger partial charge < -0.3 is 15.7 Å². The molecule has 26 heavy (non-hydrogen) atoms. The van der Waals surface area contributed by atoms with Gasteiger partial charge in [0.15, 0.2) is 0 Å². The van der Waals surface area contributed by atoms with Gasteiger partial charge in [0, 0.05) is 43.3 Å². The zero-order valence-electron chi connectivity index (χ0n) is 15.5. The molecule has 1 unspecified atom stereocenters. The molecule has 4 N–H and O–H groups in total. The van der Waals surface area contributed by atoms with Crippen molar-refractivity contribution in [1.82, 2.24) is 15.8 Å². The van der Waals surface area contributed by atoms with Gasteiger partial charge in [-0.25, -0.2) is 5.43 Å². The Kier molecular flexibility index (Phi) is 4.73. The maximum atomic E-state index is 13.1. The molecular formula is C20H28N4O2. The number of hydrogen-bond acceptors (Lipinski definition) is 5. The third-order valence-corrected chi connectivity index (χ3v) is 5.69. The van der Waals surface area contributed by atoms with Gasteiger partial charge in [0.25, 0.3) is 0 Å². The minimum absolute atomic E-state index is 0.00706. The second kappa shape index (κ2) is 7.02. The molecule has 4 rings (SSSR count). The van der Waals surface area contributed by atoms with E-state index >= 15 is 0 Å². The number of carbonyl (C=O) groups is 1. The summed E-state index contributed by atoms with van der Waals surface area (Å²) >= 11 is 0. The first-order valence-electron chi connectivity index (χ1n) is 9.59. The van der Waals surface area contributed by atoms with Gasteiger partial charge in [0.1, 0.15) is 0 Å². The second-order valence-electron chi connectivity index (χ2n) is 7.70. The molecule has 6 heteroatoms. The highest BCUT2D eigenvalue weighted by atomic mass is 16.3. The molecule has 1 amide bonds. The maximum Gasteiger partial charge on any atom is 0.245 e. The summed E-state index contributed by atoms with van der Waals surface area (Å²) in [7, 11) is 0. The standard InChI is InChI=1S/C20H28N4O2/c1-12(2)24(23-6-7-25)20(26)14-8-16-15-4-3-5-17-19(15)13(10-21-17)9-18(16)22-11-14/h3-5,8,12-14,18,21-23,25H,6-7,9-11H2,1-2H3/t13?,14-,18-/m1/s1. The van der Waals surface area contributed by atoms with E-state index in [1.54, 1.807) is 5.01 Å². The van der Waals surface area contributed by atoms with Crippen molar-refractivity contribution in [2.75, 3.05) is 31.6 Å². The molecule has 6 nitrogen and oxygen atoms in total. The number of aliphatic hydroxyl groups excluding tert-OH is 1. The number of fused-ring (bicyclic) bond motifs is 2. The average Bonchev–Trinajstić information content (AvgIpc) is 3.06. The Morgan fingerprint density at radius 2 is 2.23 bits per heavy atom. The van der Waals surface area contributed by atoms with Crippen LogP contribution in [0.3, 0.4) is 0 Å². The zero-order valence-corrected chi connectivity index (χ0v) is 15.5. The summed E-state index contributed by atoms with van der Waals surface area (Å²) < 4.78 is 0. The molecule has 1 aromatic carbocycles. The van der Waals surface area contributed by atoms with Crippen LogP contribution in [-0.4, -0.2) is 54.3 Å². The molecule has 2 aliphatic heterocycles. The minimum Gasteiger partial charge on any atom is -0.395 e. The van der Waals surface area contributed by atoms with E-state index in [0.29, 0.717) is 25.0 Å². The summed E-state index contributed by atoms with van der Waals surface area (Å²) in [4.78, 5) is 13.1. The molecule has 3 atom stereocenters. The Balaban J connectivity index is 1.64. The third-order valence-electron chi connectivity index (χ3n) is 5.69. The third kappa shape index (κ3) is 2.92. The summed E-state index contributed by atoms with van der Waals surface area (Å²) in [5.74, 6) is 0.415. The first kappa shape index (κ1) is 17.5. The molecule has 140 valence electrons. The molecular weight excluding hydrogens is 328 g/mol. The molecule has 0 spiro atoms. The van der Waals surface area contributed by atoms with Crippen molar-refractivity contribution >= 4 is 17.2 Å². The van der Waals surface area contributed by atoms with Crippen molar-refractivity contribution in [3.05, 3.63) is 35.4 Å². The lowest BCUT2D eigenvalue weighted by Crippen LogP contribution is -2.53. The SMILES string of the molecule is CC(C)N(NCCO)C(=O)[C@@H]1C=C2c3cccc4c3C(CN4)C[C@H]2NC1. The van der Waals surface area contributed by atoms with Crippen LogP contribution in [0, 0.1) is 5.92 Å². The fourth-order valence-electron chi connectivity index (χ4n) is 4.51. The number of hydrogen-bond donors (Lipinski definition) is 4. The molecule has 1 aromatic rings. The first-order chi connectivity index (χ1) is 12.6. The van der Waals surface area contributed by atoms with Crippen molar-refractivity contribution in [2.45, 2.75) is 38.3 Å². The molecule has 2 heterocycles. The largest absolute Gasteiger partial charge is 0.395 e. The minimum atomic E-state index is -0.198. The van der Waals surface area contributed by atoms with Crippen LogP contribution in [0.4, 0.5) is 5.69 Å². The maximum absolute atomic E-state index is 13.1. The number of carbonyl (C=O) groups excluding carboxylic acids is 1. The quantitative estimate of drug-likeness (QED) is 0.599. The Morgan fingerprint density at radius 3 is 3.00 bits per heavy atom. The van der Waals surface area contributed by atoms with Crippen LogP contribution in [0.25, 0.3) is 5.57 Å². The smallest absolute Gasteiger partial charge is 0.245 e. The highest BCUT2D eigenvalue weighted by Gasteiger charge is 2.39. The van der Waals surface area contributed by atoms with Crippen LogP contribution in [0.2, 0.25) is 0 Å². The lowest BCUT2D eigenvalue weighted by molar-refractivity contribution is -0.139. The molecule has 0 fully saturated rings. The summed E-state index contributed by atoms with van der Waals surface area (Å²) in [6, 6.07) is 6.80. The number of amides is 1. The number of aliphatic hydroxyl groups is 1. The summed E-state index contributed by atoms with van der Waals surface area (Å²) in [5.41, 5.74) is 8.27. The van der Waals surface area contributed by atoms with E-state index in [9.17, 15) is 4.79 Å². The van der Waals surface area contributed by atoms with Crippen LogP contribution in [-0.2, 0) is 4.79 Å². The molecule has 0 saturated heterocycles. The van der Waals surface area contributed by atoms with Crippen molar-refractivity contribution < 1.29 is 9.90 Å². The van der Waals surface area contributed by atoms with E-state index < -0.39 is 0 Å². The normalized spacial score (nSPS) is 26.0. The van der Waals surface area contributed by atoms with Gasteiger partial charge in [-0.2, -0.15) is 0 Å². The van der Waals surface area contributed by atoms with Gasteiger partial charge in [0.05, 0.1) is 12.5 Å². The van der Waals surface area contributed by atoms with Crippen LogP contribution in [0.5, 0.6) is 0 Å².